The molecule has 0 radical (unpaired) electrons. The Morgan fingerprint density at radius 2 is 1.94 bits per heavy atom. The summed E-state index contributed by atoms with van der Waals surface area (Å²) in [6, 6.07) is 9.32. The van der Waals surface area contributed by atoms with Gasteiger partial charge in [-0.15, -0.1) is 11.3 Å². The molecule has 0 fully saturated rings. The number of ketones is 1. The van der Waals surface area contributed by atoms with Crippen LogP contribution in [-0.2, 0) is 6.42 Å². The first-order valence-electron chi connectivity index (χ1n) is 5.51. The number of Topliss-reactive ketones (excluding diaryl/α,β-unsaturated/α-hetero) is 1. The van der Waals surface area contributed by atoms with Crippen LogP contribution in [0.5, 0.6) is 11.5 Å². The van der Waals surface area contributed by atoms with Crippen molar-refractivity contribution < 1.29 is 14.3 Å². The number of hydrogen-bond acceptors (Lipinski definition) is 4. The summed E-state index contributed by atoms with van der Waals surface area (Å²) in [5, 5.41) is 1.83. The van der Waals surface area contributed by atoms with Crippen molar-refractivity contribution in [1.82, 2.24) is 0 Å². The molecule has 0 bridgehead atoms. The first kappa shape index (κ1) is 12.6. The number of thiophene rings is 1. The van der Waals surface area contributed by atoms with Gasteiger partial charge in [0.1, 0.15) is 11.5 Å². The minimum Gasteiger partial charge on any atom is -0.497 e. The Hall–Kier alpha value is -1.81. The topological polar surface area (TPSA) is 35.5 Å². The number of benzene rings is 1. The zero-order chi connectivity index (χ0) is 13.0. The summed E-state index contributed by atoms with van der Waals surface area (Å²) in [6.07, 6.45) is 0.376. The Kier molecular flexibility index (Phi) is 3.99. The van der Waals surface area contributed by atoms with E-state index in [1.807, 2.05) is 29.6 Å². The fraction of sp³-hybridized carbons (Fsp3) is 0.214. The van der Waals surface area contributed by atoms with Crippen molar-refractivity contribution in [3.8, 4) is 11.5 Å². The van der Waals surface area contributed by atoms with Gasteiger partial charge >= 0.3 is 0 Å². The lowest BCUT2D eigenvalue weighted by Crippen LogP contribution is -2.01. The third kappa shape index (κ3) is 2.90. The van der Waals surface area contributed by atoms with Crippen LogP contribution >= 0.6 is 11.3 Å². The molecule has 1 aromatic heterocycles. The van der Waals surface area contributed by atoms with Crippen LogP contribution in [0.15, 0.2) is 35.7 Å². The highest BCUT2D eigenvalue weighted by atomic mass is 32.1. The van der Waals surface area contributed by atoms with Crippen molar-refractivity contribution in [2.75, 3.05) is 14.2 Å². The summed E-state index contributed by atoms with van der Waals surface area (Å²) >= 11 is 1.41. The van der Waals surface area contributed by atoms with Gasteiger partial charge in [0.2, 0.25) is 0 Å². The molecule has 0 atom stereocenters. The molecule has 0 amide bonds. The van der Waals surface area contributed by atoms with Gasteiger partial charge in [0.05, 0.1) is 19.1 Å². The van der Waals surface area contributed by atoms with Gasteiger partial charge in [-0.2, -0.15) is 0 Å². The molecule has 0 aliphatic carbocycles. The molecule has 2 rings (SSSR count). The van der Waals surface area contributed by atoms with Crippen molar-refractivity contribution in [3.63, 3.8) is 0 Å². The van der Waals surface area contributed by atoms with E-state index in [0.29, 0.717) is 6.42 Å². The summed E-state index contributed by atoms with van der Waals surface area (Å²) in [4.78, 5) is 12.8. The lowest BCUT2D eigenvalue weighted by molar-refractivity contribution is 0.0996. The average molecular weight is 262 g/mol. The summed E-state index contributed by atoms with van der Waals surface area (Å²) in [5.74, 6) is 1.59. The van der Waals surface area contributed by atoms with E-state index in [9.17, 15) is 4.79 Å². The summed E-state index contributed by atoms with van der Waals surface area (Å²) in [5.41, 5.74) is 0.951. The van der Waals surface area contributed by atoms with Crippen LogP contribution in [0, 0.1) is 0 Å². The molecular formula is C14H14O3S. The van der Waals surface area contributed by atoms with E-state index in [2.05, 4.69) is 0 Å². The maximum absolute atomic E-state index is 12.1. The molecule has 3 nitrogen and oxygen atoms in total. The maximum Gasteiger partial charge on any atom is 0.177 e. The van der Waals surface area contributed by atoms with Gasteiger partial charge < -0.3 is 9.47 Å². The second-order valence-corrected chi connectivity index (χ2v) is 4.71. The molecule has 0 saturated heterocycles. The predicted molar refractivity (Wildman–Crippen MR) is 71.9 cm³/mol. The minimum absolute atomic E-state index is 0.0940. The van der Waals surface area contributed by atoms with Crippen molar-refractivity contribution in [2.24, 2.45) is 0 Å². The first-order chi connectivity index (χ1) is 8.72. The highest BCUT2D eigenvalue weighted by molar-refractivity contribution is 7.12. The van der Waals surface area contributed by atoms with Crippen LogP contribution in [0.2, 0.25) is 0 Å². The molecule has 0 spiro atoms. The van der Waals surface area contributed by atoms with Crippen molar-refractivity contribution in [2.45, 2.75) is 6.42 Å². The summed E-state index contributed by atoms with van der Waals surface area (Å²) < 4.78 is 10.2. The molecule has 0 aliphatic rings. The van der Waals surface area contributed by atoms with Gasteiger partial charge in [0.15, 0.2) is 5.78 Å². The Bertz CT molecular complexity index is 545. The molecule has 1 heterocycles. The smallest absolute Gasteiger partial charge is 0.177 e. The quantitative estimate of drug-likeness (QED) is 0.776. The standard InChI is InChI=1S/C14H14O3S/c1-16-11-5-3-4-10(6-11)7-13(15)14-8-12(17-2)9-18-14/h3-6,8-9H,7H2,1-2H3. The molecule has 0 unspecified atom stereocenters. The van der Waals surface area contributed by atoms with Gasteiger partial charge in [-0.05, 0) is 17.7 Å². The molecule has 0 aliphatic heterocycles. The van der Waals surface area contributed by atoms with E-state index in [1.54, 1.807) is 20.3 Å². The predicted octanol–water partition coefficient (Wildman–Crippen LogP) is 3.19. The van der Waals surface area contributed by atoms with E-state index in [4.69, 9.17) is 9.47 Å². The number of hydrogen-bond donors (Lipinski definition) is 0. The number of methoxy groups -OCH3 is 2. The van der Waals surface area contributed by atoms with Crippen molar-refractivity contribution >= 4 is 17.1 Å². The monoisotopic (exact) mass is 262 g/mol. The van der Waals surface area contributed by atoms with Crippen LogP contribution in [0.3, 0.4) is 0 Å². The van der Waals surface area contributed by atoms with E-state index in [0.717, 1.165) is 21.9 Å². The molecular weight excluding hydrogens is 248 g/mol. The SMILES string of the molecule is COc1cccc(CC(=O)c2cc(OC)cs2)c1. The van der Waals surface area contributed by atoms with Gasteiger partial charge in [-0.3, -0.25) is 4.79 Å². The largest absolute Gasteiger partial charge is 0.497 e. The number of rotatable bonds is 5. The Morgan fingerprint density at radius 1 is 1.17 bits per heavy atom. The molecule has 2 aromatic rings. The minimum atomic E-state index is 0.0940. The van der Waals surface area contributed by atoms with E-state index in [-0.39, 0.29) is 5.78 Å². The molecule has 0 saturated carbocycles. The summed E-state index contributed by atoms with van der Waals surface area (Å²) in [7, 11) is 3.21. The molecule has 0 N–H and O–H groups in total. The zero-order valence-corrected chi connectivity index (χ0v) is 11.1. The average Bonchev–Trinajstić information content (AvgIpc) is 2.88. The Balaban J connectivity index is 2.10. The van der Waals surface area contributed by atoms with E-state index < -0.39 is 0 Å². The van der Waals surface area contributed by atoms with Crippen molar-refractivity contribution in [3.05, 3.63) is 46.2 Å². The molecule has 18 heavy (non-hydrogen) atoms. The lowest BCUT2D eigenvalue weighted by Gasteiger charge is -2.03. The lowest BCUT2D eigenvalue weighted by atomic mass is 10.1. The second-order valence-electron chi connectivity index (χ2n) is 3.80. The van der Waals surface area contributed by atoms with Crippen LogP contribution in [-0.4, -0.2) is 20.0 Å². The van der Waals surface area contributed by atoms with Gasteiger partial charge in [0, 0.05) is 17.9 Å². The van der Waals surface area contributed by atoms with Crippen LogP contribution in [0.4, 0.5) is 0 Å². The normalized spacial score (nSPS) is 10.1. The van der Waals surface area contributed by atoms with Crippen LogP contribution in [0.1, 0.15) is 15.2 Å². The highest BCUT2D eigenvalue weighted by Crippen LogP contribution is 2.23. The zero-order valence-electron chi connectivity index (χ0n) is 10.3. The molecule has 4 heteroatoms. The van der Waals surface area contributed by atoms with Gasteiger partial charge in [0.25, 0.3) is 0 Å². The molecule has 94 valence electrons. The third-order valence-corrected chi connectivity index (χ3v) is 3.53. The van der Waals surface area contributed by atoms with E-state index in [1.165, 1.54) is 11.3 Å². The van der Waals surface area contributed by atoms with Gasteiger partial charge in [-0.1, -0.05) is 12.1 Å². The summed E-state index contributed by atoms with van der Waals surface area (Å²) in [6.45, 7) is 0. The fourth-order valence-corrected chi connectivity index (χ4v) is 2.42. The third-order valence-electron chi connectivity index (χ3n) is 2.58. The van der Waals surface area contributed by atoms with Crippen LogP contribution in [0.25, 0.3) is 0 Å². The number of carbonyl (C=O) groups is 1. The Morgan fingerprint density at radius 3 is 2.61 bits per heavy atom. The van der Waals surface area contributed by atoms with E-state index >= 15 is 0 Å². The second kappa shape index (κ2) is 5.69. The maximum atomic E-state index is 12.1. The Labute approximate surface area is 110 Å². The van der Waals surface area contributed by atoms with Crippen molar-refractivity contribution in [1.29, 1.82) is 0 Å². The number of ether oxygens (including phenoxy) is 2. The van der Waals surface area contributed by atoms with Crippen LogP contribution < -0.4 is 9.47 Å². The molecule has 1 aromatic carbocycles. The fourth-order valence-electron chi connectivity index (χ4n) is 1.63. The van der Waals surface area contributed by atoms with Gasteiger partial charge in [-0.25, -0.2) is 0 Å². The first-order valence-corrected chi connectivity index (χ1v) is 6.39. The highest BCUT2D eigenvalue weighted by Gasteiger charge is 2.10. The number of carbonyl (C=O) groups excluding carboxylic acids is 1.